The van der Waals surface area contributed by atoms with Crippen LogP contribution in [0.5, 0.6) is 0 Å². The summed E-state index contributed by atoms with van der Waals surface area (Å²) < 4.78 is 9.75. The third-order valence-electron chi connectivity index (χ3n) is 3.25. The number of nitrogens with zero attached hydrogens (tertiary/aromatic N) is 3. The average molecular weight is 325 g/mol. The van der Waals surface area contributed by atoms with Crippen LogP contribution in [0.3, 0.4) is 0 Å². The van der Waals surface area contributed by atoms with Crippen LogP contribution in [0, 0.1) is 11.3 Å². The molecule has 1 aliphatic rings. The summed E-state index contributed by atoms with van der Waals surface area (Å²) in [5.74, 6) is -1.04. The molecule has 0 bridgehead atoms. The predicted molar refractivity (Wildman–Crippen MR) is 80.2 cm³/mol. The van der Waals surface area contributed by atoms with Crippen molar-refractivity contribution in [1.82, 2.24) is 9.80 Å². The summed E-state index contributed by atoms with van der Waals surface area (Å²) in [6.07, 6.45) is 0.586. The highest BCUT2D eigenvalue weighted by atomic mass is 16.6. The van der Waals surface area contributed by atoms with Crippen LogP contribution in [0.4, 0.5) is 4.79 Å². The van der Waals surface area contributed by atoms with E-state index in [1.165, 1.54) is 12.0 Å². The summed E-state index contributed by atoms with van der Waals surface area (Å²) in [7, 11) is 1.20. The van der Waals surface area contributed by atoms with Crippen molar-refractivity contribution in [1.29, 1.82) is 5.26 Å². The normalized spacial score (nSPS) is 17.3. The van der Waals surface area contributed by atoms with Gasteiger partial charge in [0.1, 0.15) is 24.7 Å². The Bertz CT molecular complexity index is 506. The number of nitriles is 1. The molecule has 1 unspecified atom stereocenters. The minimum absolute atomic E-state index is 0.331. The lowest BCUT2D eigenvalue weighted by atomic mass is 10.2. The van der Waals surface area contributed by atoms with Gasteiger partial charge in [-0.25, -0.2) is 4.79 Å². The van der Waals surface area contributed by atoms with Crippen molar-refractivity contribution in [3.05, 3.63) is 0 Å². The molecule has 0 radical (unpaired) electrons. The zero-order valence-electron chi connectivity index (χ0n) is 14.0. The summed E-state index contributed by atoms with van der Waals surface area (Å²) in [5, 5.41) is 9.04. The van der Waals surface area contributed by atoms with Crippen LogP contribution in [-0.2, 0) is 19.1 Å². The first-order chi connectivity index (χ1) is 10.7. The molecule has 8 heteroatoms. The van der Waals surface area contributed by atoms with Crippen molar-refractivity contribution < 1.29 is 23.9 Å². The Morgan fingerprint density at radius 1 is 1.30 bits per heavy atom. The molecule has 1 fully saturated rings. The first kappa shape index (κ1) is 18.7. The van der Waals surface area contributed by atoms with Gasteiger partial charge in [0.25, 0.3) is 0 Å². The Balaban J connectivity index is 2.79. The van der Waals surface area contributed by atoms with Gasteiger partial charge in [-0.05, 0) is 33.6 Å². The molecule has 0 aliphatic carbocycles. The van der Waals surface area contributed by atoms with Crippen LogP contribution in [0.15, 0.2) is 0 Å². The van der Waals surface area contributed by atoms with E-state index in [9.17, 15) is 14.4 Å². The van der Waals surface area contributed by atoms with E-state index in [2.05, 4.69) is 10.8 Å². The Labute approximate surface area is 135 Å². The SMILES string of the molecule is COC(=O)CN(CC(=O)N1CCCC1C#N)C(=O)OC(C)(C)C. The number of likely N-dealkylation sites (tertiary alicyclic amines) is 1. The average Bonchev–Trinajstić information content (AvgIpc) is 2.92. The number of rotatable bonds is 4. The lowest BCUT2D eigenvalue weighted by Gasteiger charge is -2.28. The number of amides is 2. The second-order valence-electron chi connectivity index (χ2n) is 6.29. The Kier molecular flexibility index (Phi) is 6.37. The number of hydrogen-bond donors (Lipinski definition) is 0. The molecule has 0 saturated carbocycles. The maximum absolute atomic E-state index is 12.3. The van der Waals surface area contributed by atoms with Crippen molar-refractivity contribution in [2.75, 3.05) is 26.7 Å². The lowest BCUT2D eigenvalue weighted by Crippen LogP contribution is -2.47. The van der Waals surface area contributed by atoms with Crippen molar-refractivity contribution in [3.63, 3.8) is 0 Å². The molecule has 1 rings (SSSR count). The summed E-state index contributed by atoms with van der Waals surface area (Å²) in [6.45, 7) is 4.82. The van der Waals surface area contributed by atoms with Crippen LogP contribution >= 0.6 is 0 Å². The molecule has 1 aliphatic heterocycles. The number of esters is 1. The van der Waals surface area contributed by atoms with E-state index in [0.29, 0.717) is 13.0 Å². The van der Waals surface area contributed by atoms with Crippen molar-refractivity contribution in [2.24, 2.45) is 0 Å². The maximum Gasteiger partial charge on any atom is 0.411 e. The first-order valence-electron chi connectivity index (χ1n) is 7.41. The van der Waals surface area contributed by atoms with Crippen molar-refractivity contribution in [3.8, 4) is 6.07 Å². The second-order valence-corrected chi connectivity index (χ2v) is 6.29. The molecule has 0 N–H and O–H groups in total. The van der Waals surface area contributed by atoms with Gasteiger partial charge < -0.3 is 14.4 Å². The fraction of sp³-hybridized carbons (Fsp3) is 0.733. The molecule has 1 heterocycles. The number of hydrogen-bond acceptors (Lipinski definition) is 6. The largest absolute Gasteiger partial charge is 0.468 e. The van der Waals surface area contributed by atoms with Gasteiger partial charge in [0.2, 0.25) is 5.91 Å². The second kappa shape index (κ2) is 7.81. The fourth-order valence-electron chi connectivity index (χ4n) is 2.19. The van der Waals surface area contributed by atoms with Crippen molar-refractivity contribution in [2.45, 2.75) is 45.3 Å². The Morgan fingerprint density at radius 3 is 2.48 bits per heavy atom. The van der Waals surface area contributed by atoms with E-state index in [0.717, 1.165) is 11.3 Å². The molecule has 0 spiro atoms. The Morgan fingerprint density at radius 2 is 1.96 bits per heavy atom. The zero-order chi connectivity index (χ0) is 17.6. The summed E-state index contributed by atoms with van der Waals surface area (Å²) in [5.41, 5.74) is -0.753. The van der Waals surface area contributed by atoms with Gasteiger partial charge in [-0.15, -0.1) is 0 Å². The number of carbonyl (C=O) groups excluding carboxylic acids is 3. The quantitative estimate of drug-likeness (QED) is 0.712. The minimum Gasteiger partial charge on any atom is -0.468 e. The molecule has 0 aromatic rings. The molecular formula is C15H23N3O5. The van der Waals surface area contributed by atoms with Gasteiger partial charge in [-0.3, -0.25) is 14.5 Å². The molecule has 1 atom stereocenters. The monoisotopic (exact) mass is 325 g/mol. The maximum atomic E-state index is 12.3. The van der Waals surface area contributed by atoms with Crippen LogP contribution < -0.4 is 0 Å². The van der Waals surface area contributed by atoms with Crippen LogP contribution in [0.25, 0.3) is 0 Å². The topological polar surface area (TPSA) is 99.9 Å². The highest BCUT2D eigenvalue weighted by molar-refractivity contribution is 5.85. The van der Waals surface area contributed by atoms with Crippen molar-refractivity contribution >= 4 is 18.0 Å². The fourth-order valence-corrected chi connectivity index (χ4v) is 2.19. The van der Waals surface area contributed by atoms with Gasteiger partial charge in [0.15, 0.2) is 0 Å². The third-order valence-corrected chi connectivity index (χ3v) is 3.25. The molecular weight excluding hydrogens is 302 g/mol. The summed E-state index contributed by atoms with van der Waals surface area (Å²) >= 11 is 0. The van der Waals surface area contributed by atoms with Gasteiger partial charge in [0.05, 0.1) is 13.2 Å². The minimum atomic E-state index is -0.774. The van der Waals surface area contributed by atoms with E-state index in [1.54, 1.807) is 20.8 Å². The van der Waals surface area contributed by atoms with Crippen LogP contribution in [0.2, 0.25) is 0 Å². The van der Waals surface area contributed by atoms with Crippen LogP contribution in [0.1, 0.15) is 33.6 Å². The molecule has 128 valence electrons. The zero-order valence-corrected chi connectivity index (χ0v) is 14.0. The molecule has 2 amide bonds. The number of methoxy groups -OCH3 is 1. The van der Waals surface area contributed by atoms with Gasteiger partial charge >= 0.3 is 12.1 Å². The smallest absolute Gasteiger partial charge is 0.411 e. The highest BCUT2D eigenvalue weighted by Crippen LogP contribution is 2.17. The number of ether oxygens (including phenoxy) is 2. The number of carbonyl (C=O) groups is 3. The lowest BCUT2D eigenvalue weighted by molar-refractivity contribution is -0.142. The van der Waals surface area contributed by atoms with E-state index in [4.69, 9.17) is 10.00 Å². The first-order valence-corrected chi connectivity index (χ1v) is 7.41. The summed E-state index contributed by atoms with van der Waals surface area (Å²) in [4.78, 5) is 38.4. The van der Waals surface area contributed by atoms with Gasteiger partial charge in [0, 0.05) is 6.54 Å². The van der Waals surface area contributed by atoms with E-state index >= 15 is 0 Å². The summed E-state index contributed by atoms with van der Waals surface area (Å²) in [6, 6.07) is 1.58. The highest BCUT2D eigenvalue weighted by Gasteiger charge is 2.32. The molecule has 8 nitrogen and oxygen atoms in total. The predicted octanol–water partition coefficient (Wildman–Crippen LogP) is 0.911. The molecule has 0 aromatic heterocycles. The van der Waals surface area contributed by atoms with E-state index in [-0.39, 0.29) is 19.0 Å². The molecule has 0 aromatic carbocycles. The van der Waals surface area contributed by atoms with Crippen LogP contribution in [-0.4, -0.2) is 66.2 Å². The molecule has 23 heavy (non-hydrogen) atoms. The third kappa shape index (κ3) is 5.77. The standard InChI is InChI=1S/C15H23N3O5/c1-15(2,3)23-14(21)17(10-13(20)22-4)9-12(19)18-7-5-6-11(18)8-16/h11H,5-7,9-10H2,1-4H3. The van der Waals surface area contributed by atoms with E-state index in [1.807, 2.05) is 0 Å². The Hall–Kier alpha value is -2.30. The van der Waals surface area contributed by atoms with E-state index < -0.39 is 23.7 Å². The van der Waals surface area contributed by atoms with Gasteiger partial charge in [-0.1, -0.05) is 0 Å². The van der Waals surface area contributed by atoms with Gasteiger partial charge in [-0.2, -0.15) is 5.26 Å². The molecule has 1 saturated heterocycles.